The first kappa shape index (κ1) is 13.4. The minimum Gasteiger partial charge on any atom is -0.206 e. The lowest BCUT2D eigenvalue weighted by atomic mass is 10.4. The van der Waals surface area contributed by atoms with E-state index in [0.29, 0.717) is 16.1 Å². The SMILES string of the molecule is Clc1ccc(Sc2nc(Cl)nc(-n3cccn3)n2)cc1. The molecule has 100 valence electrons. The third-order valence-corrected chi connectivity index (χ3v) is 3.60. The molecule has 0 N–H and O–H groups in total. The number of benzene rings is 1. The molecule has 3 rings (SSSR count). The van der Waals surface area contributed by atoms with Crippen molar-refractivity contribution in [2.45, 2.75) is 10.1 Å². The molecule has 0 aliphatic heterocycles. The molecular formula is C12H7Cl2N5S. The van der Waals surface area contributed by atoms with E-state index in [0.717, 1.165) is 4.90 Å². The molecule has 0 fully saturated rings. The van der Waals surface area contributed by atoms with Crippen molar-refractivity contribution in [3.8, 4) is 5.95 Å². The van der Waals surface area contributed by atoms with Gasteiger partial charge >= 0.3 is 0 Å². The van der Waals surface area contributed by atoms with Gasteiger partial charge in [-0.3, -0.25) is 0 Å². The first-order valence-electron chi connectivity index (χ1n) is 5.56. The molecular weight excluding hydrogens is 317 g/mol. The first-order valence-corrected chi connectivity index (χ1v) is 7.13. The van der Waals surface area contributed by atoms with Crippen LogP contribution < -0.4 is 0 Å². The van der Waals surface area contributed by atoms with Gasteiger partial charge in [0, 0.05) is 22.3 Å². The molecule has 2 aromatic heterocycles. The Morgan fingerprint density at radius 3 is 2.50 bits per heavy atom. The van der Waals surface area contributed by atoms with Gasteiger partial charge in [0.1, 0.15) is 0 Å². The highest BCUT2D eigenvalue weighted by Gasteiger charge is 2.08. The van der Waals surface area contributed by atoms with Crippen molar-refractivity contribution in [1.29, 1.82) is 0 Å². The molecule has 20 heavy (non-hydrogen) atoms. The van der Waals surface area contributed by atoms with E-state index in [1.807, 2.05) is 12.1 Å². The molecule has 0 amide bonds. The maximum Gasteiger partial charge on any atom is 0.255 e. The van der Waals surface area contributed by atoms with Gasteiger partial charge in [-0.15, -0.1) is 0 Å². The van der Waals surface area contributed by atoms with Crippen molar-refractivity contribution in [1.82, 2.24) is 24.7 Å². The Balaban J connectivity index is 1.92. The van der Waals surface area contributed by atoms with Crippen LogP contribution in [0.5, 0.6) is 0 Å². The van der Waals surface area contributed by atoms with Crippen molar-refractivity contribution < 1.29 is 0 Å². The minimum absolute atomic E-state index is 0.127. The van der Waals surface area contributed by atoms with Crippen LogP contribution in [-0.4, -0.2) is 24.7 Å². The van der Waals surface area contributed by atoms with Crippen molar-refractivity contribution in [2.24, 2.45) is 0 Å². The smallest absolute Gasteiger partial charge is 0.206 e. The zero-order chi connectivity index (χ0) is 13.9. The van der Waals surface area contributed by atoms with Crippen molar-refractivity contribution in [2.75, 3.05) is 0 Å². The Morgan fingerprint density at radius 1 is 1.00 bits per heavy atom. The van der Waals surface area contributed by atoms with Crippen LogP contribution in [0.1, 0.15) is 0 Å². The molecule has 3 aromatic rings. The maximum absolute atomic E-state index is 5.92. The molecule has 0 bridgehead atoms. The minimum atomic E-state index is 0.127. The lowest BCUT2D eigenvalue weighted by Gasteiger charge is -2.04. The third kappa shape index (κ3) is 3.09. The Bertz CT molecular complexity index is 715. The van der Waals surface area contributed by atoms with E-state index in [4.69, 9.17) is 23.2 Å². The summed E-state index contributed by atoms with van der Waals surface area (Å²) < 4.78 is 1.53. The van der Waals surface area contributed by atoms with Gasteiger partial charge in [0.25, 0.3) is 5.95 Å². The number of hydrogen-bond donors (Lipinski definition) is 0. The van der Waals surface area contributed by atoms with Gasteiger partial charge in [0.2, 0.25) is 5.28 Å². The van der Waals surface area contributed by atoms with E-state index in [1.54, 1.807) is 30.6 Å². The molecule has 0 saturated heterocycles. The van der Waals surface area contributed by atoms with Crippen LogP contribution in [0.2, 0.25) is 10.3 Å². The molecule has 2 heterocycles. The molecule has 0 atom stereocenters. The molecule has 0 aliphatic carbocycles. The van der Waals surface area contributed by atoms with Crippen LogP contribution >= 0.6 is 35.0 Å². The molecule has 1 aromatic carbocycles. The second-order valence-electron chi connectivity index (χ2n) is 3.69. The van der Waals surface area contributed by atoms with Crippen LogP contribution in [-0.2, 0) is 0 Å². The molecule has 0 unspecified atom stereocenters. The highest BCUT2D eigenvalue weighted by molar-refractivity contribution is 7.99. The fourth-order valence-corrected chi connectivity index (χ4v) is 2.54. The zero-order valence-corrected chi connectivity index (χ0v) is 12.3. The van der Waals surface area contributed by atoms with Gasteiger partial charge in [-0.2, -0.15) is 20.1 Å². The lowest BCUT2D eigenvalue weighted by molar-refractivity contribution is 0.759. The third-order valence-electron chi connectivity index (χ3n) is 2.31. The highest BCUT2D eigenvalue weighted by atomic mass is 35.5. The fraction of sp³-hybridized carbons (Fsp3) is 0. The number of halogens is 2. The van der Waals surface area contributed by atoms with Gasteiger partial charge < -0.3 is 0 Å². The molecule has 0 saturated carbocycles. The van der Waals surface area contributed by atoms with Crippen LogP contribution in [0.4, 0.5) is 0 Å². The van der Waals surface area contributed by atoms with E-state index in [1.165, 1.54) is 16.4 Å². The number of aromatic nitrogens is 5. The van der Waals surface area contributed by atoms with Crippen molar-refractivity contribution >= 4 is 35.0 Å². The predicted octanol–water partition coefficient (Wildman–Crippen LogP) is 3.52. The van der Waals surface area contributed by atoms with E-state index < -0.39 is 0 Å². The standard InChI is InChI=1S/C12H7Cl2N5S/c13-8-2-4-9(5-3-8)20-12-17-10(14)16-11(18-12)19-7-1-6-15-19/h1-7H. The fourth-order valence-electron chi connectivity index (χ4n) is 1.47. The second kappa shape index (κ2) is 5.78. The van der Waals surface area contributed by atoms with Crippen LogP contribution in [0, 0.1) is 0 Å². The normalized spacial score (nSPS) is 10.7. The molecule has 0 radical (unpaired) electrons. The highest BCUT2D eigenvalue weighted by Crippen LogP contribution is 2.26. The van der Waals surface area contributed by atoms with Gasteiger partial charge in [-0.25, -0.2) is 4.68 Å². The van der Waals surface area contributed by atoms with E-state index in [2.05, 4.69) is 20.1 Å². The topological polar surface area (TPSA) is 56.5 Å². The van der Waals surface area contributed by atoms with Crippen molar-refractivity contribution in [3.63, 3.8) is 0 Å². The van der Waals surface area contributed by atoms with Gasteiger partial charge in [0.15, 0.2) is 5.16 Å². The number of rotatable bonds is 3. The average Bonchev–Trinajstić information content (AvgIpc) is 2.95. The maximum atomic E-state index is 5.92. The monoisotopic (exact) mass is 323 g/mol. The summed E-state index contributed by atoms with van der Waals surface area (Å²) in [7, 11) is 0. The summed E-state index contributed by atoms with van der Waals surface area (Å²) in [5, 5.41) is 5.37. The van der Waals surface area contributed by atoms with Crippen molar-refractivity contribution in [3.05, 3.63) is 53.0 Å². The Morgan fingerprint density at radius 2 is 1.80 bits per heavy atom. The van der Waals surface area contributed by atoms with Gasteiger partial charge in [0.05, 0.1) is 0 Å². The predicted molar refractivity (Wildman–Crippen MR) is 77.5 cm³/mol. The van der Waals surface area contributed by atoms with Crippen LogP contribution in [0.3, 0.4) is 0 Å². The summed E-state index contributed by atoms with van der Waals surface area (Å²) >= 11 is 13.1. The molecule has 8 heteroatoms. The quantitative estimate of drug-likeness (QED) is 0.738. The average molecular weight is 324 g/mol. The van der Waals surface area contributed by atoms with Crippen LogP contribution in [0.15, 0.2) is 52.8 Å². The largest absolute Gasteiger partial charge is 0.255 e. The molecule has 5 nitrogen and oxygen atoms in total. The molecule has 0 spiro atoms. The Labute approximate surface area is 129 Å². The lowest BCUT2D eigenvalue weighted by Crippen LogP contribution is -2.04. The summed E-state index contributed by atoms with van der Waals surface area (Å²) in [6.07, 6.45) is 3.38. The Kier molecular flexibility index (Phi) is 3.86. The van der Waals surface area contributed by atoms with E-state index >= 15 is 0 Å². The van der Waals surface area contributed by atoms with Gasteiger partial charge in [-0.05, 0) is 53.7 Å². The summed E-state index contributed by atoms with van der Waals surface area (Å²) in [5.74, 6) is 0.381. The summed E-state index contributed by atoms with van der Waals surface area (Å²) in [5.41, 5.74) is 0. The summed E-state index contributed by atoms with van der Waals surface area (Å²) in [6.45, 7) is 0. The van der Waals surface area contributed by atoms with E-state index in [9.17, 15) is 0 Å². The summed E-state index contributed by atoms with van der Waals surface area (Å²) in [4.78, 5) is 13.4. The second-order valence-corrected chi connectivity index (χ2v) is 5.51. The van der Waals surface area contributed by atoms with E-state index in [-0.39, 0.29) is 5.28 Å². The number of nitrogens with zero attached hydrogens (tertiary/aromatic N) is 5. The Hall–Kier alpha value is -1.63. The first-order chi connectivity index (χ1) is 9.70. The zero-order valence-electron chi connectivity index (χ0n) is 9.94. The van der Waals surface area contributed by atoms with Gasteiger partial charge in [-0.1, -0.05) is 11.6 Å². The van der Waals surface area contributed by atoms with Crippen LogP contribution in [0.25, 0.3) is 5.95 Å². The number of hydrogen-bond acceptors (Lipinski definition) is 5. The molecule has 0 aliphatic rings. The summed E-state index contributed by atoms with van der Waals surface area (Å²) in [6, 6.07) is 9.17.